The lowest BCUT2D eigenvalue weighted by Gasteiger charge is -2.17. The van der Waals surface area contributed by atoms with Crippen LogP contribution in [0.1, 0.15) is 47.1 Å². The van der Waals surface area contributed by atoms with E-state index < -0.39 is 11.9 Å². The molecule has 0 aliphatic carbocycles. The molecule has 32 heavy (non-hydrogen) atoms. The average Bonchev–Trinajstić information content (AvgIpc) is 2.74. The number of carboxylic acids is 1. The first-order valence-electron chi connectivity index (χ1n) is 10.2. The summed E-state index contributed by atoms with van der Waals surface area (Å²) in [6, 6.07) is 15.8. The van der Waals surface area contributed by atoms with E-state index in [-0.39, 0.29) is 40.9 Å². The highest BCUT2D eigenvalue weighted by atomic mass is 16.5. The Kier molecular flexibility index (Phi) is 7.38. The molecule has 2 heterocycles. The number of carbonyl (C=O) groups excluding carboxylic acids is 1. The van der Waals surface area contributed by atoms with Gasteiger partial charge >= 0.3 is 5.97 Å². The molecule has 0 radical (unpaired) electrons. The van der Waals surface area contributed by atoms with Crippen LogP contribution in [0, 0.1) is 0 Å². The van der Waals surface area contributed by atoms with Crippen LogP contribution in [0.5, 0.6) is 11.8 Å². The predicted octanol–water partition coefficient (Wildman–Crippen LogP) is 4.22. The maximum absolute atomic E-state index is 12.8. The second kappa shape index (κ2) is 10.4. The van der Waals surface area contributed by atoms with Crippen LogP contribution in [0.25, 0.3) is 0 Å². The number of pyridine rings is 2. The van der Waals surface area contributed by atoms with Gasteiger partial charge in [-0.15, -0.1) is 0 Å². The van der Waals surface area contributed by atoms with Crippen LogP contribution in [0.4, 0.5) is 5.82 Å². The number of aromatic nitrogens is 2. The first kappa shape index (κ1) is 22.7. The fraction of sp³-hybridized carbons (Fsp3) is 0.250. The maximum Gasteiger partial charge on any atom is 0.337 e. The molecule has 0 saturated heterocycles. The summed E-state index contributed by atoms with van der Waals surface area (Å²) in [5, 5.41) is 11.6. The molecule has 0 aliphatic rings. The molecule has 3 aromatic rings. The molecular formula is C24H25N3O5. The summed E-state index contributed by atoms with van der Waals surface area (Å²) in [5.41, 5.74) is 1.44. The zero-order valence-corrected chi connectivity index (χ0v) is 18.1. The molecule has 0 spiro atoms. The van der Waals surface area contributed by atoms with Gasteiger partial charge in [-0.3, -0.25) is 4.79 Å². The van der Waals surface area contributed by atoms with Crippen molar-refractivity contribution in [3.05, 3.63) is 77.5 Å². The van der Waals surface area contributed by atoms with Crippen molar-refractivity contribution in [1.82, 2.24) is 9.97 Å². The zero-order valence-electron chi connectivity index (χ0n) is 18.1. The molecule has 0 bridgehead atoms. The van der Waals surface area contributed by atoms with Gasteiger partial charge in [0.15, 0.2) is 0 Å². The minimum atomic E-state index is -1.09. The van der Waals surface area contributed by atoms with E-state index in [0.717, 1.165) is 5.56 Å². The molecule has 0 fully saturated rings. The highest BCUT2D eigenvalue weighted by Crippen LogP contribution is 2.22. The van der Waals surface area contributed by atoms with Crippen LogP contribution in [0.15, 0.2) is 60.8 Å². The van der Waals surface area contributed by atoms with E-state index in [9.17, 15) is 9.59 Å². The lowest BCUT2D eigenvalue weighted by molar-refractivity contribution is 0.0696. The molecule has 166 valence electrons. The number of hydrogen-bond donors (Lipinski definition) is 2. The molecule has 8 heteroatoms. The van der Waals surface area contributed by atoms with E-state index in [1.165, 1.54) is 30.5 Å². The number of amides is 1. The van der Waals surface area contributed by atoms with Gasteiger partial charge in [0.05, 0.1) is 17.2 Å². The van der Waals surface area contributed by atoms with Gasteiger partial charge in [-0.05, 0) is 38.5 Å². The Morgan fingerprint density at radius 2 is 1.66 bits per heavy atom. The molecule has 0 aliphatic heterocycles. The fourth-order valence-corrected chi connectivity index (χ4v) is 2.95. The third kappa shape index (κ3) is 6.53. The normalized spacial score (nSPS) is 11.6. The smallest absolute Gasteiger partial charge is 0.337 e. The maximum atomic E-state index is 12.8. The van der Waals surface area contributed by atoms with Crippen LogP contribution in [-0.2, 0) is 6.42 Å². The number of nitrogens with one attached hydrogen (secondary N) is 1. The van der Waals surface area contributed by atoms with Crippen molar-refractivity contribution < 1.29 is 24.2 Å². The minimum absolute atomic E-state index is 0.0302. The summed E-state index contributed by atoms with van der Waals surface area (Å²) in [4.78, 5) is 32.1. The molecule has 2 aromatic heterocycles. The number of aromatic carboxylic acids is 1. The van der Waals surface area contributed by atoms with Crippen molar-refractivity contribution in [2.75, 3.05) is 5.32 Å². The van der Waals surface area contributed by atoms with Gasteiger partial charge in [0.1, 0.15) is 11.9 Å². The third-order valence-electron chi connectivity index (χ3n) is 4.34. The van der Waals surface area contributed by atoms with E-state index in [1.807, 2.05) is 51.1 Å². The number of benzene rings is 1. The lowest BCUT2D eigenvalue weighted by atomic mass is 10.1. The minimum Gasteiger partial charge on any atom is -0.478 e. The molecule has 8 nitrogen and oxygen atoms in total. The van der Waals surface area contributed by atoms with E-state index in [2.05, 4.69) is 15.3 Å². The quantitative estimate of drug-likeness (QED) is 0.517. The topological polar surface area (TPSA) is 111 Å². The van der Waals surface area contributed by atoms with Gasteiger partial charge < -0.3 is 19.9 Å². The molecular weight excluding hydrogens is 410 g/mol. The molecule has 1 amide bonds. The summed E-state index contributed by atoms with van der Waals surface area (Å²) < 4.78 is 11.7. The Hall–Kier alpha value is -3.94. The van der Waals surface area contributed by atoms with Crippen LogP contribution >= 0.6 is 0 Å². The van der Waals surface area contributed by atoms with Crippen molar-refractivity contribution >= 4 is 17.7 Å². The highest BCUT2D eigenvalue weighted by molar-refractivity contribution is 6.04. The van der Waals surface area contributed by atoms with Crippen molar-refractivity contribution in [2.24, 2.45) is 0 Å². The highest BCUT2D eigenvalue weighted by Gasteiger charge is 2.16. The van der Waals surface area contributed by atoms with Crippen LogP contribution in [-0.4, -0.2) is 39.2 Å². The first-order valence-corrected chi connectivity index (χ1v) is 10.2. The standard InChI is InChI=1S/C24H25N3O5/c1-15(2)31-21-12-19(23(28)26-20-10-9-18(14-25-20)24(29)30)13-22(27-21)32-16(3)11-17-7-5-4-6-8-17/h4-10,12-16H,11H2,1-3H3,(H,29,30)(H,25,26,28)/t16-/m0/s1. The lowest BCUT2D eigenvalue weighted by Crippen LogP contribution is -2.18. The number of rotatable bonds is 9. The Morgan fingerprint density at radius 1 is 0.969 bits per heavy atom. The monoisotopic (exact) mass is 435 g/mol. The number of nitrogens with zero attached hydrogens (tertiary/aromatic N) is 2. The Balaban J connectivity index is 1.77. The van der Waals surface area contributed by atoms with Gasteiger partial charge in [-0.25, -0.2) is 9.78 Å². The van der Waals surface area contributed by atoms with Crippen LogP contribution in [0.2, 0.25) is 0 Å². The van der Waals surface area contributed by atoms with Gasteiger partial charge in [0.25, 0.3) is 5.91 Å². The van der Waals surface area contributed by atoms with Crippen molar-refractivity contribution in [1.29, 1.82) is 0 Å². The number of carboxylic acid groups (broad SMARTS) is 1. The number of carbonyl (C=O) groups is 2. The SMILES string of the molecule is CC(C)Oc1cc(C(=O)Nc2ccc(C(=O)O)cn2)cc(O[C@@H](C)Cc2ccccc2)n1. The van der Waals surface area contributed by atoms with Crippen LogP contribution < -0.4 is 14.8 Å². The molecule has 3 rings (SSSR count). The van der Waals surface area contributed by atoms with E-state index in [1.54, 1.807) is 0 Å². The Bertz CT molecular complexity index is 1070. The van der Waals surface area contributed by atoms with Gasteiger partial charge in [0, 0.05) is 24.8 Å². The third-order valence-corrected chi connectivity index (χ3v) is 4.34. The molecule has 1 aromatic carbocycles. The summed E-state index contributed by atoms with van der Waals surface area (Å²) in [5.74, 6) is -0.777. The Morgan fingerprint density at radius 3 is 2.25 bits per heavy atom. The fourth-order valence-electron chi connectivity index (χ4n) is 2.95. The number of hydrogen-bond acceptors (Lipinski definition) is 6. The van der Waals surface area contributed by atoms with Crippen molar-refractivity contribution in [3.63, 3.8) is 0 Å². The average molecular weight is 435 g/mol. The van der Waals surface area contributed by atoms with Crippen LogP contribution in [0.3, 0.4) is 0 Å². The zero-order chi connectivity index (χ0) is 23.1. The van der Waals surface area contributed by atoms with E-state index in [4.69, 9.17) is 14.6 Å². The molecule has 0 saturated carbocycles. The van der Waals surface area contributed by atoms with Gasteiger partial charge in [-0.1, -0.05) is 30.3 Å². The van der Waals surface area contributed by atoms with Gasteiger partial charge in [-0.2, -0.15) is 4.98 Å². The summed E-state index contributed by atoms with van der Waals surface area (Å²) in [6.07, 6.45) is 1.54. The molecule has 1 atom stereocenters. The van der Waals surface area contributed by atoms with E-state index >= 15 is 0 Å². The second-order valence-electron chi connectivity index (χ2n) is 7.51. The summed E-state index contributed by atoms with van der Waals surface area (Å²) in [6.45, 7) is 5.65. The van der Waals surface area contributed by atoms with Gasteiger partial charge in [0.2, 0.25) is 11.8 Å². The van der Waals surface area contributed by atoms with Crippen molar-refractivity contribution in [2.45, 2.75) is 39.4 Å². The first-order chi connectivity index (χ1) is 15.3. The molecule has 2 N–H and O–H groups in total. The van der Waals surface area contributed by atoms with Crippen molar-refractivity contribution in [3.8, 4) is 11.8 Å². The van der Waals surface area contributed by atoms with E-state index in [0.29, 0.717) is 6.42 Å². The summed E-state index contributed by atoms with van der Waals surface area (Å²) >= 11 is 0. The predicted molar refractivity (Wildman–Crippen MR) is 119 cm³/mol. The largest absolute Gasteiger partial charge is 0.478 e. The number of anilines is 1. The number of ether oxygens (including phenoxy) is 2. The molecule has 0 unspecified atom stereocenters. The second-order valence-corrected chi connectivity index (χ2v) is 7.51. The summed E-state index contributed by atoms with van der Waals surface area (Å²) in [7, 11) is 0. The Labute approximate surface area is 186 Å².